The van der Waals surface area contributed by atoms with Crippen molar-refractivity contribution < 1.29 is 8.42 Å². The summed E-state index contributed by atoms with van der Waals surface area (Å²) in [7, 11) is -1.45. The van der Waals surface area contributed by atoms with Crippen molar-refractivity contribution in [2.24, 2.45) is 0 Å². The van der Waals surface area contributed by atoms with Crippen molar-refractivity contribution in [3.8, 4) is 0 Å². The molecule has 1 aromatic carbocycles. The first-order chi connectivity index (χ1) is 9.14. The average molecular weight is 293 g/mol. The topological polar surface area (TPSA) is 46.2 Å². The van der Waals surface area contributed by atoms with Crippen LogP contribution < -0.4 is 5.32 Å². The molecule has 2 unspecified atom stereocenters. The second-order valence-electron chi connectivity index (χ2n) is 4.68. The highest BCUT2D eigenvalue weighted by Gasteiger charge is 2.41. The Bertz CT molecular complexity index is 677. The van der Waals surface area contributed by atoms with Crippen molar-refractivity contribution in [3.63, 3.8) is 0 Å². The summed E-state index contributed by atoms with van der Waals surface area (Å²) in [6.45, 7) is 0. The van der Waals surface area contributed by atoms with Gasteiger partial charge in [-0.1, -0.05) is 30.3 Å². The molecule has 1 heterocycles. The molecule has 0 radical (unpaired) electrons. The molecule has 0 fully saturated rings. The van der Waals surface area contributed by atoms with Gasteiger partial charge in [0.15, 0.2) is 9.84 Å². The van der Waals surface area contributed by atoms with Gasteiger partial charge < -0.3 is 5.32 Å². The van der Waals surface area contributed by atoms with Crippen molar-refractivity contribution in [1.29, 1.82) is 0 Å². The molecule has 2 aromatic rings. The van der Waals surface area contributed by atoms with Crippen molar-refractivity contribution in [3.05, 3.63) is 52.9 Å². The molecule has 1 aliphatic rings. The third kappa shape index (κ3) is 2.02. The fourth-order valence-corrected chi connectivity index (χ4v) is 5.89. The van der Waals surface area contributed by atoms with Gasteiger partial charge in [-0.3, -0.25) is 0 Å². The summed E-state index contributed by atoms with van der Waals surface area (Å²) >= 11 is 1.29. The Hall–Kier alpha value is -1.17. The third-order valence-electron chi connectivity index (χ3n) is 3.67. The SMILES string of the molecule is CNC1c2ccccc2CC1S(=O)(=O)c1cccs1. The molecule has 1 aliphatic carbocycles. The monoisotopic (exact) mass is 293 g/mol. The normalized spacial score (nSPS) is 22.4. The molecule has 0 spiro atoms. The molecular weight excluding hydrogens is 278 g/mol. The summed E-state index contributed by atoms with van der Waals surface area (Å²) in [5.74, 6) is 0. The number of thiophene rings is 1. The number of hydrogen-bond donors (Lipinski definition) is 1. The lowest BCUT2D eigenvalue weighted by atomic mass is 10.1. The van der Waals surface area contributed by atoms with Crippen LogP contribution in [-0.2, 0) is 16.3 Å². The van der Waals surface area contributed by atoms with E-state index < -0.39 is 15.1 Å². The van der Waals surface area contributed by atoms with Gasteiger partial charge in [0.05, 0.1) is 5.25 Å². The van der Waals surface area contributed by atoms with Gasteiger partial charge in [0.1, 0.15) is 4.21 Å². The van der Waals surface area contributed by atoms with E-state index in [1.54, 1.807) is 12.1 Å². The number of rotatable bonds is 3. The van der Waals surface area contributed by atoms with E-state index in [0.717, 1.165) is 11.1 Å². The Morgan fingerprint density at radius 2 is 2.00 bits per heavy atom. The molecule has 2 atom stereocenters. The molecular formula is C14H15NO2S2. The second kappa shape index (κ2) is 4.74. The number of benzene rings is 1. The highest BCUT2D eigenvalue weighted by Crippen LogP contribution is 2.38. The minimum absolute atomic E-state index is 0.122. The van der Waals surface area contributed by atoms with Crippen LogP contribution in [0.5, 0.6) is 0 Å². The third-order valence-corrected chi connectivity index (χ3v) is 7.25. The van der Waals surface area contributed by atoms with Crippen molar-refractivity contribution in [2.75, 3.05) is 7.05 Å². The fourth-order valence-electron chi connectivity index (χ4n) is 2.76. The summed E-state index contributed by atoms with van der Waals surface area (Å²) < 4.78 is 25.9. The van der Waals surface area contributed by atoms with Crippen LogP contribution in [0.2, 0.25) is 0 Å². The Labute approximate surface area is 117 Å². The summed E-state index contributed by atoms with van der Waals surface area (Å²) in [6, 6.07) is 11.3. The van der Waals surface area contributed by atoms with Crippen LogP contribution >= 0.6 is 11.3 Å². The molecule has 19 heavy (non-hydrogen) atoms. The zero-order valence-electron chi connectivity index (χ0n) is 10.5. The molecule has 0 saturated carbocycles. The van der Waals surface area contributed by atoms with Crippen LogP contribution in [0.25, 0.3) is 0 Å². The second-order valence-corrected chi connectivity index (χ2v) is 8.03. The van der Waals surface area contributed by atoms with Gasteiger partial charge in [-0.25, -0.2) is 8.42 Å². The lowest BCUT2D eigenvalue weighted by Gasteiger charge is -2.19. The minimum atomic E-state index is -3.27. The molecule has 1 aromatic heterocycles. The Morgan fingerprint density at radius 1 is 1.21 bits per heavy atom. The first kappa shape index (κ1) is 12.8. The van der Waals surface area contributed by atoms with E-state index in [9.17, 15) is 8.42 Å². The van der Waals surface area contributed by atoms with Crippen LogP contribution in [0.1, 0.15) is 17.2 Å². The zero-order valence-corrected chi connectivity index (χ0v) is 12.2. The highest BCUT2D eigenvalue weighted by atomic mass is 32.2. The Balaban J connectivity index is 2.05. The predicted molar refractivity (Wildman–Crippen MR) is 77.2 cm³/mol. The van der Waals surface area contributed by atoms with Crippen molar-refractivity contribution >= 4 is 21.2 Å². The number of sulfone groups is 1. The van der Waals surface area contributed by atoms with Gasteiger partial charge in [-0.05, 0) is 36.0 Å². The first-order valence-electron chi connectivity index (χ1n) is 6.17. The van der Waals surface area contributed by atoms with Gasteiger partial charge in [0.25, 0.3) is 0 Å². The lowest BCUT2D eigenvalue weighted by Crippen LogP contribution is -2.32. The Morgan fingerprint density at radius 3 is 2.68 bits per heavy atom. The van der Waals surface area contributed by atoms with Crippen LogP contribution in [-0.4, -0.2) is 20.7 Å². The van der Waals surface area contributed by atoms with E-state index in [-0.39, 0.29) is 6.04 Å². The molecule has 0 bridgehead atoms. The van der Waals surface area contributed by atoms with E-state index in [2.05, 4.69) is 5.32 Å². The van der Waals surface area contributed by atoms with Gasteiger partial charge in [-0.15, -0.1) is 11.3 Å². The highest BCUT2D eigenvalue weighted by molar-refractivity contribution is 7.94. The van der Waals surface area contributed by atoms with E-state index in [1.807, 2.05) is 36.7 Å². The first-order valence-corrected chi connectivity index (χ1v) is 8.59. The summed E-state index contributed by atoms with van der Waals surface area (Å²) in [5.41, 5.74) is 2.24. The smallest absolute Gasteiger partial charge is 0.192 e. The van der Waals surface area contributed by atoms with Crippen LogP contribution in [0.4, 0.5) is 0 Å². The average Bonchev–Trinajstić information content (AvgIpc) is 3.06. The summed E-state index contributed by atoms with van der Waals surface area (Å²) in [4.78, 5) is 0. The van der Waals surface area contributed by atoms with Crippen molar-refractivity contribution in [2.45, 2.75) is 21.9 Å². The van der Waals surface area contributed by atoms with Gasteiger partial charge in [-0.2, -0.15) is 0 Å². The largest absolute Gasteiger partial charge is 0.312 e. The molecule has 0 saturated heterocycles. The van der Waals surface area contributed by atoms with Gasteiger partial charge in [0, 0.05) is 6.04 Å². The molecule has 5 heteroatoms. The zero-order chi connectivity index (χ0) is 13.5. The van der Waals surface area contributed by atoms with E-state index in [0.29, 0.717) is 10.6 Å². The van der Waals surface area contributed by atoms with E-state index >= 15 is 0 Å². The predicted octanol–water partition coefficient (Wildman–Crippen LogP) is 2.41. The molecule has 0 aliphatic heterocycles. The van der Waals surface area contributed by atoms with Crippen molar-refractivity contribution in [1.82, 2.24) is 5.32 Å². The van der Waals surface area contributed by atoms with Crippen LogP contribution in [0.15, 0.2) is 46.0 Å². The maximum atomic E-state index is 12.7. The molecule has 100 valence electrons. The molecule has 3 nitrogen and oxygen atoms in total. The molecule has 1 N–H and O–H groups in total. The maximum Gasteiger partial charge on any atom is 0.192 e. The van der Waals surface area contributed by atoms with E-state index in [1.165, 1.54) is 11.3 Å². The standard InChI is InChI=1S/C14H15NO2S2/c1-15-14-11-6-3-2-5-10(11)9-12(14)19(16,17)13-7-4-8-18-13/h2-8,12,14-15H,9H2,1H3. The number of nitrogens with one attached hydrogen (secondary N) is 1. The van der Waals surface area contributed by atoms with Gasteiger partial charge in [0.2, 0.25) is 0 Å². The lowest BCUT2D eigenvalue weighted by molar-refractivity contribution is 0.537. The van der Waals surface area contributed by atoms with Crippen LogP contribution in [0.3, 0.4) is 0 Å². The Kier molecular flexibility index (Phi) is 3.20. The van der Waals surface area contributed by atoms with E-state index in [4.69, 9.17) is 0 Å². The number of hydrogen-bond acceptors (Lipinski definition) is 4. The maximum absolute atomic E-state index is 12.7. The van der Waals surface area contributed by atoms with Crippen LogP contribution in [0, 0.1) is 0 Å². The molecule has 3 rings (SSSR count). The fraction of sp³-hybridized carbons (Fsp3) is 0.286. The number of fused-ring (bicyclic) bond motifs is 1. The van der Waals surface area contributed by atoms with Gasteiger partial charge >= 0.3 is 0 Å². The summed E-state index contributed by atoms with van der Waals surface area (Å²) in [6.07, 6.45) is 0.585. The quantitative estimate of drug-likeness (QED) is 0.945. The molecule has 0 amide bonds. The summed E-state index contributed by atoms with van der Waals surface area (Å²) in [5, 5.41) is 4.56. The minimum Gasteiger partial charge on any atom is -0.312 e.